The zero-order valence-electron chi connectivity index (χ0n) is 10.00. The molecule has 0 amide bonds. The highest BCUT2D eigenvalue weighted by molar-refractivity contribution is 5.83. The predicted molar refractivity (Wildman–Crippen MR) is 71.7 cm³/mol. The normalized spacial score (nSPS) is 12.8. The molecule has 0 fully saturated rings. The number of nitrogens with zero attached hydrogens (tertiary/aromatic N) is 3. The van der Waals surface area contributed by atoms with Crippen LogP contribution in [0.3, 0.4) is 0 Å². The molecule has 92 valence electrons. The van der Waals surface area contributed by atoms with Crippen molar-refractivity contribution >= 4 is 17.1 Å². The largest absolute Gasteiger partial charge is 0.439 e. The lowest BCUT2D eigenvalue weighted by Crippen LogP contribution is -1.97. The smallest absolute Gasteiger partial charge is 0.228 e. The first kappa shape index (κ1) is 10.3. The van der Waals surface area contributed by atoms with E-state index in [0.717, 1.165) is 27.9 Å². The molecule has 1 aliphatic rings. The summed E-state index contributed by atoms with van der Waals surface area (Å²) in [6.45, 7) is 0.581. The van der Waals surface area contributed by atoms with E-state index in [-0.39, 0.29) is 0 Å². The van der Waals surface area contributed by atoms with E-state index in [2.05, 4.69) is 19.9 Å². The molecule has 2 aromatic heterocycles. The summed E-state index contributed by atoms with van der Waals surface area (Å²) in [7, 11) is 0. The number of hydrogen-bond acceptors (Lipinski definition) is 4. The fraction of sp³-hybridized carbons (Fsp3) is 0.0714. The number of aromatic amines is 1. The molecule has 19 heavy (non-hydrogen) atoms. The van der Waals surface area contributed by atoms with Gasteiger partial charge >= 0.3 is 0 Å². The van der Waals surface area contributed by atoms with Gasteiger partial charge in [-0.15, -0.1) is 0 Å². The lowest BCUT2D eigenvalue weighted by molar-refractivity contribution is 0.456. The zero-order chi connectivity index (χ0) is 12.7. The Morgan fingerprint density at radius 1 is 1.16 bits per heavy atom. The maximum atomic E-state index is 5.85. The molecular formula is C14H10N4O. The van der Waals surface area contributed by atoms with Crippen LogP contribution in [0.4, 0.5) is 0 Å². The molecule has 3 heterocycles. The SMILES string of the molecule is C1=NCc2c1ncnc2Oc1ccc2[nH]ccc2c1. The van der Waals surface area contributed by atoms with Gasteiger partial charge in [0, 0.05) is 23.3 Å². The highest BCUT2D eigenvalue weighted by atomic mass is 16.5. The van der Waals surface area contributed by atoms with Gasteiger partial charge in [-0.25, -0.2) is 9.97 Å². The summed E-state index contributed by atoms with van der Waals surface area (Å²) in [4.78, 5) is 15.7. The molecule has 1 aliphatic heterocycles. The average molecular weight is 250 g/mol. The third-order valence-corrected chi connectivity index (χ3v) is 3.14. The zero-order valence-corrected chi connectivity index (χ0v) is 10.00. The number of H-pyrrole nitrogens is 1. The minimum Gasteiger partial charge on any atom is -0.439 e. The van der Waals surface area contributed by atoms with E-state index in [4.69, 9.17) is 4.74 Å². The van der Waals surface area contributed by atoms with Crippen LogP contribution in [0.1, 0.15) is 11.3 Å². The van der Waals surface area contributed by atoms with Gasteiger partial charge in [-0.05, 0) is 24.3 Å². The molecule has 0 saturated carbocycles. The van der Waals surface area contributed by atoms with Crippen LogP contribution in [-0.4, -0.2) is 21.2 Å². The number of fused-ring (bicyclic) bond motifs is 2. The maximum Gasteiger partial charge on any atom is 0.228 e. The number of nitrogens with one attached hydrogen (secondary N) is 1. The Morgan fingerprint density at radius 2 is 2.16 bits per heavy atom. The van der Waals surface area contributed by atoms with Crippen molar-refractivity contribution in [1.29, 1.82) is 0 Å². The van der Waals surface area contributed by atoms with Crippen LogP contribution in [0.5, 0.6) is 11.6 Å². The average Bonchev–Trinajstić information content (AvgIpc) is 3.06. The molecule has 0 aliphatic carbocycles. The van der Waals surface area contributed by atoms with Gasteiger partial charge in [0.15, 0.2) is 0 Å². The second-order valence-electron chi connectivity index (χ2n) is 4.34. The van der Waals surface area contributed by atoms with E-state index in [9.17, 15) is 0 Å². The van der Waals surface area contributed by atoms with Crippen LogP contribution in [0.2, 0.25) is 0 Å². The second kappa shape index (κ2) is 3.91. The van der Waals surface area contributed by atoms with Crippen molar-refractivity contribution in [2.75, 3.05) is 0 Å². The van der Waals surface area contributed by atoms with Crippen molar-refractivity contribution in [2.24, 2.45) is 4.99 Å². The predicted octanol–water partition coefficient (Wildman–Crippen LogP) is 2.68. The molecule has 0 atom stereocenters. The summed E-state index contributed by atoms with van der Waals surface area (Å²) in [5.41, 5.74) is 2.87. The minimum absolute atomic E-state index is 0.581. The van der Waals surface area contributed by atoms with Gasteiger partial charge in [-0.2, -0.15) is 0 Å². The monoisotopic (exact) mass is 250 g/mol. The molecule has 3 aromatic rings. The highest BCUT2D eigenvalue weighted by Crippen LogP contribution is 2.28. The first-order valence-corrected chi connectivity index (χ1v) is 5.99. The standard InChI is InChI=1S/C14H10N4O/c1-2-12-9(3-4-16-12)5-10(1)19-14-11-6-15-7-13(11)17-8-18-14/h1-5,7-8,16H,6H2. The number of hydrogen-bond donors (Lipinski definition) is 1. The van der Waals surface area contributed by atoms with E-state index in [1.807, 2.05) is 30.5 Å². The summed E-state index contributed by atoms with van der Waals surface area (Å²) in [5.74, 6) is 1.34. The first-order valence-electron chi connectivity index (χ1n) is 5.99. The number of benzene rings is 1. The van der Waals surface area contributed by atoms with Crippen LogP contribution < -0.4 is 4.74 Å². The first-order chi connectivity index (χ1) is 9.40. The van der Waals surface area contributed by atoms with Gasteiger partial charge in [0.25, 0.3) is 0 Å². The van der Waals surface area contributed by atoms with Crippen LogP contribution >= 0.6 is 0 Å². The fourth-order valence-electron chi connectivity index (χ4n) is 2.19. The molecular weight excluding hydrogens is 240 g/mol. The van der Waals surface area contributed by atoms with Crippen LogP contribution in [-0.2, 0) is 6.54 Å². The summed E-state index contributed by atoms with van der Waals surface area (Å²) in [5, 5.41) is 1.11. The number of rotatable bonds is 2. The minimum atomic E-state index is 0.581. The van der Waals surface area contributed by atoms with Gasteiger partial charge in [-0.3, -0.25) is 4.99 Å². The summed E-state index contributed by atoms with van der Waals surface area (Å²) in [6.07, 6.45) is 5.16. The summed E-state index contributed by atoms with van der Waals surface area (Å²) in [6, 6.07) is 7.90. The topological polar surface area (TPSA) is 63.2 Å². The Labute approximate surface area is 109 Å². The molecule has 5 heteroatoms. The molecule has 1 aromatic carbocycles. The maximum absolute atomic E-state index is 5.85. The molecule has 4 rings (SSSR count). The fourth-order valence-corrected chi connectivity index (χ4v) is 2.19. The Balaban J connectivity index is 1.73. The summed E-state index contributed by atoms with van der Waals surface area (Å²) < 4.78 is 5.85. The highest BCUT2D eigenvalue weighted by Gasteiger charge is 2.15. The van der Waals surface area contributed by atoms with E-state index >= 15 is 0 Å². The number of aromatic nitrogens is 3. The van der Waals surface area contributed by atoms with Gasteiger partial charge in [-0.1, -0.05) is 0 Å². The van der Waals surface area contributed by atoms with Crippen molar-refractivity contribution in [1.82, 2.24) is 15.0 Å². The van der Waals surface area contributed by atoms with Crippen molar-refractivity contribution in [2.45, 2.75) is 6.54 Å². The van der Waals surface area contributed by atoms with Crippen LogP contribution in [0.15, 0.2) is 41.8 Å². The molecule has 0 unspecified atom stereocenters. The van der Waals surface area contributed by atoms with Gasteiger partial charge in [0.2, 0.25) is 5.88 Å². The van der Waals surface area contributed by atoms with E-state index < -0.39 is 0 Å². The summed E-state index contributed by atoms with van der Waals surface area (Å²) >= 11 is 0. The Morgan fingerprint density at radius 3 is 3.16 bits per heavy atom. The molecule has 1 N–H and O–H groups in total. The molecule has 5 nitrogen and oxygen atoms in total. The van der Waals surface area contributed by atoms with Crippen molar-refractivity contribution in [3.05, 3.63) is 48.0 Å². The number of ether oxygens (including phenoxy) is 1. The lowest BCUT2D eigenvalue weighted by atomic mass is 10.2. The molecule has 0 saturated heterocycles. The molecule has 0 spiro atoms. The van der Waals surface area contributed by atoms with Gasteiger partial charge < -0.3 is 9.72 Å². The van der Waals surface area contributed by atoms with E-state index in [1.54, 1.807) is 6.21 Å². The van der Waals surface area contributed by atoms with Crippen molar-refractivity contribution < 1.29 is 4.74 Å². The quantitative estimate of drug-likeness (QED) is 0.760. The van der Waals surface area contributed by atoms with Crippen LogP contribution in [0.25, 0.3) is 10.9 Å². The Kier molecular flexibility index (Phi) is 2.11. The second-order valence-corrected chi connectivity index (χ2v) is 4.34. The van der Waals surface area contributed by atoms with Crippen molar-refractivity contribution in [3.63, 3.8) is 0 Å². The molecule has 0 radical (unpaired) electrons. The van der Waals surface area contributed by atoms with E-state index in [0.29, 0.717) is 12.4 Å². The van der Waals surface area contributed by atoms with Gasteiger partial charge in [0.05, 0.1) is 17.8 Å². The van der Waals surface area contributed by atoms with Crippen molar-refractivity contribution in [3.8, 4) is 11.6 Å². The molecule has 0 bridgehead atoms. The third-order valence-electron chi connectivity index (χ3n) is 3.14. The van der Waals surface area contributed by atoms with Gasteiger partial charge in [0.1, 0.15) is 12.1 Å². The van der Waals surface area contributed by atoms with Crippen LogP contribution in [0, 0.1) is 0 Å². The lowest BCUT2D eigenvalue weighted by Gasteiger charge is -2.07. The Hall–Kier alpha value is -2.69. The Bertz CT molecular complexity index is 791. The van der Waals surface area contributed by atoms with E-state index in [1.165, 1.54) is 6.33 Å². The number of aliphatic imine (C=N–C) groups is 1. The third kappa shape index (κ3) is 1.67.